The largest absolute Gasteiger partial charge is 0.449 e. The zero-order chi connectivity index (χ0) is 20.7. The van der Waals surface area contributed by atoms with Gasteiger partial charge in [-0.05, 0) is 48.9 Å². The second kappa shape index (κ2) is 7.46. The van der Waals surface area contributed by atoms with Gasteiger partial charge in [-0.3, -0.25) is 0 Å². The number of halogens is 1. The molecule has 1 aliphatic carbocycles. The lowest BCUT2D eigenvalue weighted by molar-refractivity contribution is 0.0698. The summed E-state index contributed by atoms with van der Waals surface area (Å²) in [6.07, 6.45) is 2.25. The van der Waals surface area contributed by atoms with Crippen molar-refractivity contribution in [1.82, 2.24) is 10.2 Å². The summed E-state index contributed by atoms with van der Waals surface area (Å²) in [5.41, 5.74) is 2.67. The molecule has 1 saturated carbocycles. The van der Waals surface area contributed by atoms with E-state index in [9.17, 15) is 4.79 Å². The van der Waals surface area contributed by atoms with Gasteiger partial charge >= 0.3 is 5.97 Å². The minimum Gasteiger partial charge on any atom is -0.449 e. The van der Waals surface area contributed by atoms with Crippen LogP contribution in [0.25, 0.3) is 11.0 Å². The lowest BCUT2D eigenvalue weighted by Crippen LogP contribution is -2.09. The average Bonchev–Trinajstić information content (AvgIpc) is 3.48. The minimum atomic E-state index is -0.674. The van der Waals surface area contributed by atoms with Crippen LogP contribution in [-0.2, 0) is 0 Å². The number of hydrogen-bond acceptors (Lipinski definition) is 6. The number of carbonyl (C=O) groups excluding carboxylic acids is 1. The first-order valence-electron chi connectivity index (χ1n) is 9.60. The number of aryl methyl sites for hydroxylation is 1. The maximum absolute atomic E-state index is 12.7. The monoisotopic (exact) mass is 420 g/mol. The Balaban J connectivity index is 1.46. The van der Waals surface area contributed by atoms with Crippen LogP contribution in [-0.4, -0.2) is 16.2 Å². The standard InChI is InChI=1S/C23H17ClN2O4/c1-13-5-4-7-16(14-9-10-14)21(13)30-22-18(12-20(24)25-26-22)29-23(27)19-11-15-6-2-3-8-17(15)28-19/h2-8,11-12,14H,9-10H2,1H3. The van der Waals surface area contributed by atoms with Crippen LogP contribution in [0.2, 0.25) is 5.15 Å². The Bertz CT molecular complexity index is 1230. The van der Waals surface area contributed by atoms with Gasteiger partial charge in [-0.25, -0.2) is 4.79 Å². The van der Waals surface area contributed by atoms with Gasteiger partial charge in [-0.15, -0.1) is 10.2 Å². The predicted molar refractivity (Wildman–Crippen MR) is 111 cm³/mol. The molecule has 0 amide bonds. The van der Waals surface area contributed by atoms with E-state index in [0.717, 1.165) is 29.4 Å². The molecule has 0 spiro atoms. The third-order valence-electron chi connectivity index (χ3n) is 4.98. The third-order valence-corrected chi connectivity index (χ3v) is 5.17. The number of furan rings is 1. The first-order valence-corrected chi connectivity index (χ1v) is 9.97. The molecule has 30 heavy (non-hydrogen) atoms. The molecule has 150 valence electrons. The van der Waals surface area contributed by atoms with E-state index < -0.39 is 5.97 Å². The van der Waals surface area contributed by atoms with Crippen LogP contribution in [0.3, 0.4) is 0 Å². The van der Waals surface area contributed by atoms with E-state index in [2.05, 4.69) is 10.2 Å². The highest BCUT2D eigenvalue weighted by Crippen LogP contribution is 2.47. The molecular formula is C23H17ClN2O4. The van der Waals surface area contributed by atoms with Crippen LogP contribution >= 0.6 is 11.6 Å². The molecule has 0 atom stereocenters. The highest BCUT2D eigenvalue weighted by molar-refractivity contribution is 6.29. The van der Waals surface area contributed by atoms with Gasteiger partial charge in [0.2, 0.25) is 5.76 Å². The Morgan fingerprint density at radius 1 is 1.10 bits per heavy atom. The van der Waals surface area contributed by atoms with Crippen LogP contribution in [0.5, 0.6) is 17.4 Å². The second-order valence-corrected chi connectivity index (χ2v) is 7.63. The summed E-state index contributed by atoms with van der Waals surface area (Å²) in [6.45, 7) is 1.96. The first kappa shape index (κ1) is 18.6. The lowest BCUT2D eigenvalue weighted by Gasteiger charge is -2.14. The molecule has 0 radical (unpaired) electrons. The number of carbonyl (C=O) groups is 1. The van der Waals surface area contributed by atoms with Crippen molar-refractivity contribution in [2.24, 2.45) is 0 Å². The van der Waals surface area contributed by atoms with Crippen LogP contribution < -0.4 is 9.47 Å². The Morgan fingerprint density at radius 2 is 1.93 bits per heavy atom. The molecule has 0 saturated heterocycles. The number of hydrogen-bond donors (Lipinski definition) is 0. The highest BCUT2D eigenvalue weighted by atomic mass is 35.5. The van der Waals surface area contributed by atoms with E-state index in [-0.39, 0.29) is 22.5 Å². The van der Waals surface area contributed by atoms with Crippen LogP contribution in [0.15, 0.2) is 59.0 Å². The van der Waals surface area contributed by atoms with Crippen LogP contribution in [0, 0.1) is 6.92 Å². The van der Waals surface area contributed by atoms with Gasteiger partial charge in [0, 0.05) is 11.5 Å². The summed E-state index contributed by atoms with van der Waals surface area (Å²) in [5.74, 6) is 0.724. The van der Waals surface area contributed by atoms with Crippen molar-refractivity contribution in [2.45, 2.75) is 25.7 Å². The SMILES string of the molecule is Cc1cccc(C2CC2)c1Oc1nnc(Cl)cc1OC(=O)c1cc2ccccc2o1. The van der Waals surface area contributed by atoms with Crippen molar-refractivity contribution < 1.29 is 18.7 Å². The normalized spacial score (nSPS) is 13.4. The second-order valence-electron chi connectivity index (χ2n) is 7.24. The molecule has 5 rings (SSSR count). The third kappa shape index (κ3) is 3.62. The molecule has 1 fully saturated rings. The summed E-state index contributed by atoms with van der Waals surface area (Å²) < 4.78 is 17.2. The van der Waals surface area contributed by atoms with Crippen molar-refractivity contribution in [2.75, 3.05) is 0 Å². The summed E-state index contributed by atoms with van der Waals surface area (Å²) in [6, 6.07) is 16.4. The summed E-state index contributed by atoms with van der Waals surface area (Å²) in [7, 11) is 0. The van der Waals surface area contributed by atoms with E-state index in [1.165, 1.54) is 6.07 Å². The number of nitrogens with zero attached hydrogens (tertiary/aromatic N) is 2. The maximum Gasteiger partial charge on any atom is 0.379 e. The van der Waals surface area contributed by atoms with E-state index in [1.54, 1.807) is 12.1 Å². The molecule has 1 aliphatic rings. The summed E-state index contributed by atoms with van der Waals surface area (Å²) in [5, 5.41) is 8.75. The van der Waals surface area contributed by atoms with Crippen molar-refractivity contribution >= 4 is 28.5 Å². The molecule has 2 aromatic carbocycles. The molecule has 0 unspecified atom stereocenters. The quantitative estimate of drug-likeness (QED) is 0.364. The van der Waals surface area contributed by atoms with E-state index in [4.69, 9.17) is 25.5 Å². The van der Waals surface area contributed by atoms with Crippen molar-refractivity contribution in [1.29, 1.82) is 0 Å². The molecule has 2 heterocycles. The van der Waals surface area contributed by atoms with Crippen molar-refractivity contribution in [3.63, 3.8) is 0 Å². The van der Waals surface area contributed by atoms with Gasteiger partial charge in [-0.1, -0.05) is 48.0 Å². The molecule has 0 bridgehead atoms. The molecule has 6 nitrogen and oxygen atoms in total. The number of rotatable bonds is 5. The maximum atomic E-state index is 12.7. The zero-order valence-electron chi connectivity index (χ0n) is 16.1. The van der Waals surface area contributed by atoms with Gasteiger partial charge in [0.25, 0.3) is 5.88 Å². The average molecular weight is 421 g/mol. The fourth-order valence-electron chi connectivity index (χ4n) is 3.34. The van der Waals surface area contributed by atoms with Gasteiger partial charge in [0.1, 0.15) is 11.3 Å². The number of fused-ring (bicyclic) bond motifs is 1. The molecule has 4 aromatic rings. The Labute approximate surface area is 177 Å². The minimum absolute atomic E-state index is 0.0695. The van der Waals surface area contributed by atoms with E-state index >= 15 is 0 Å². The number of esters is 1. The van der Waals surface area contributed by atoms with Crippen molar-refractivity contribution in [3.8, 4) is 17.4 Å². The Hall–Kier alpha value is -3.38. The Morgan fingerprint density at radius 3 is 2.73 bits per heavy atom. The molecule has 2 aromatic heterocycles. The van der Waals surface area contributed by atoms with Gasteiger partial charge in [0.05, 0.1) is 0 Å². The highest BCUT2D eigenvalue weighted by Gasteiger charge is 2.28. The van der Waals surface area contributed by atoms with Crippen LogP contribution in [0.1, 0.15) is 40.4 Å². The first-order chi connectivity index (χ1) is 14.6. The van der Waals surface area contributed by atoms with E-state index in [1.807, 2.05) is 43.3 Å². The van der Waals surface area contributed by atoms with Gasteiger partial charge < -0.3 is 13.9 Å². The fourth-order valence-corrected chi connectivity index (χ4v) is 3.48. The Kier molecular flexibility index (Phi) is 4.64. The van der Waals surface area contributed by atoms with Crippen LogP contribution in [0.4, 0.5) is 0 Å². The smallest absolute Gasteiger partial charge is 0.379 e. The zero-order valence-corrected chi connectivity index (χ0v) is 16.8. The fraction of sp³-hybridized carbons (Fsp3) is 0.174. The predicted octanol–water partition coefficient (Wildman–Crippen LogP) is 6.07. The number of para-hydroxylation sites is 2. The summed E-state index contributed by atoms with van der Waals surface area (Å²) in [4.78, 5) is 12.7. The summed E-state index contributed by atoms with van der Waals surface area (Å²) >= 11 is 5.99. The topological polar surface area (TPSA) is 74.5 Å². The van der Waals surface area contributed by atoms with Crippen molar-refractivity contribution in [3.05, 3.63) is 76.6 Å². The molecule has 7 heteroatoms. The van der Waals surface area contributed by atoms with Gasteiger partial charge in [-0.2, -0.15) is 0 Å². The lowest BCUT2D eigenvalue weighted by atomic mass is 10.1. The molecular weight excluding hydrogens is 404 g/mol. The number of aromatic nitrogens is 2. The molecule has 0 N–H and O–H groups in total. The number of ether oxygens (including phenoxy) is 2. The van der Waals surface area contributed by atoms with E-state index in [0.29, 0.717) is 17.3 Å². The number of benzene rings is 2. The molecule has 0 aliphatic heterocycles. The van der Waals surface area contributed by atoms with Gasteiger partial charge in [0.15, 0.2) is 10.9 Å².